The minimum Gasteiger partial charge on any atom is -0.379 e. The molecule has 1 aromatic rings. The minimum absolute atomic E-state index is 0.791. The molecule has 8 heteroatoms. The van der Waals surface area contributed by atoms with E-state index in [1.165, 1.54) is 11.4 Å². The van der Waals surface area contributed by atoms with Gasteiger partial charge >= 0.3 is 0 Å². The molecule has 3 saturated heterocycles. The highest BCUT2D eigenvalue weighted by atomic mass is 16.5. The van der Waals surface area contributed by atoms with Gasteiger partial charge in [-0.1, -0.05) is 0 Å². The minimum atomic E-state index is 0.791. The zero-order chi connectivity index (χ0) is 20.4. The van der Waals surface area contributed by atoms with E-state index in [4.69, 9.17) is 14.2 Å². The number of H-pyrrole nitrogens is 1. The number of aromatic amines is 1. The lowest BCUT2D eigenvalue weighted by Crippen LogP contribution is -2.42. The first kappa shape index (κ1) is 22.2. The molecule has 2 atom stereocenters. The van der Waals surface area contributed by atoms with Crippen LogP contribution in [0.25, 0.3) is 0 Å². The molecule has 2 unspecified atom stereocenters. The first-order valence-corrected chi connectivity index (χ1v) is 11.6. The van der Waals surface area contributed by atoms with Gasteiger partial charge in [0.05, 0.1) is 39.6 Å². The molecule has 0 amide bonds. The van der Waals surface area contributed by atoms with Gasteiger partial charge in [0.2, 0.25) is 0 Å². The van der Waals surface area contributed by atoms with Gasteiger partial charge in [-0.25, -0.2) is 0 Å². The number of aromatic nitrogens is 1. The van der Waals surface area contributed by atoms with E-state index in [0.717, 1.165) is 118 Å². The van der Waals surface area contributed by atoms with Crippen LogP contribution in [0.1, 0.15) is 11.4 Å². The molecule has 3 fully saturated rings. The van der Waals surface area contributed by atoms with E-state index in [9.17, 15) is 0 Å². The largest absolute Gasteiger partial charge is 0.379 e. The molecule has 0 spiro atoms. The Morgan fingerprint density at radius 1 is 0.467 bits per heavy atom. The molecule has 0 saturated carbocycles. The zero-order valence-corrected chi connectivity index (χ0v) is 18.4. The van der Waals surface area contributed by atoms with E-state index in [-0.39, 0.29) is 0 Å². The van der Waals surface area contributed by atoms with Crippen LogP contribution < -0.4 is 0 Å². The van der Waals surface area contributed by atoms with Crippen LogP contribution in [0.15, 0.2) is 12.1 Å². The average molecular weight is 422 g/mol. The van der Waals surface area contributed by atoms with Crippen molar-refractivity contribution in [1.29, 1.82) is 0 Å². The zero-order valence-electron chi connectivity index (χ0n) is 18.4. The van der Waals surface area contributed by atoms with Crippen LogP contribution in [-0.2, 0) is 27.3 Å². The van der Waals surface area contributed by atoms with Gasteiger partial charge in [-0.15, -0.1) is 0 Å². The second-order valence-corrected chi connectivity index (χ2v) is 8.58. The smallest absolute Gasteiger partial charge is 0.0594 e. The van der Waals surface area contributed by atoms with Crippen LogP contribution >= 0.6 is 0 Å². The summed E-state index contributed by atoms with van der Waals surface area (Å²) in [6, 6.07) is 4.51. The van der Waals surface area contributed by atoms with Gasteiger partial charge in [0.15, 0.2) is 0 Å². The summed E-state index contributed by atoms with van der Waals surface area (Å²) in [4.78, 5) is 13.7. The van der Waals surface area contributed by atoms with Gasteiger partial charge in [-0.05, 0) is 12.1 Å². The maximum Gasteiger partial charge on any atom is 0.0594 e. The Morgan fingerprint density at radius 3 is 1.20 bits per heavy atom. The predicted molar refractivity (Wildman–Crippen MR) is 117 cm³/mol. The van der Waals surface area contributed by atoms with Crippen LogP contribution in [0.2, 0.25) is 0 Å². The first-order chi connectivity index (χ1) is 14.8. The van der Waals surface area contributed by atoms with Gasteiger partial charge in [-0.2, -0.15) is 0 Å². The number of hydrogen-bond acceptors (Lipinski definition) is 7. The van der Waals surface area contributed by atoms with Crippen molar-refractivity contribution in [3.05, 3.63) is 23.5 Å². The van der Waals surface area contributed by atoms with E-state index in [2.05, 4.69) is 36.7 Å². The molecular formula is C22H39N5O3. The molecular weight excluding hydrogens is 382 g/mol. The van der Waals surface area contributed by atoms with Gasteiger partial charge in [0.1, 0.15) is 0 Å². The molecule has 7 rings (SSSR count). The fourth-order valence-electron chi connectivity index (χ4n) is 4.40. The Morgan fingerprint density at radius 2 is 0.800 bits per heavy atom. The fourth-order valence-corrected chi connectivity index (χ4v) is 4.40. The molecule has 8 nitrogen and oxygen atoms in total. The molecule has 1 aromatic heterocycles. The number of hydrogen-bond donors (Lipinski definition) is 1. The molecule has 7 heterocycles. The topological polar surface area (TPSA) is 56.4 Å². The lowest BCUT2D eigenvalue weighted by atomic mass is 10.3. The third-order valence-corrected chi connectivity index (χ3v) is 6.37. The standard InChI is InChI=1S/C22H39N5O3/c1-2-22-20-27-6-4-25-9-15-28-13-7-24(8-14-29-16-10-25)3-5-26(19-21(1)23-22)11-17-30-18-12-27/h1-2,23H,3-20H2. The number of ether oxygens (including phenoxy) is 3. The Balaban J connectivity index is 1.54. The van der Waals surface area contributed by atoms with Crippen LogP contribution in [0, 0.1) is 0 Å². The van der Waals surface area contributed by atoms with Gasteiger partial charge in [-0.3, -0.25) is 19.6 Å². The van der Waals surface area contributed by atoms with E-state index >= 15 is 0 Å². The first-order valence-electron chi connectivity index (χ1n) is 11.6. The van der Waals surface area contributed by atoms with Crippen molar-refractivity contribution in [2.75, 3.05) is 105 Å². The highest BCUT2D eigenvalue weighted by Gasteiger charge is 2.16. The highest BCUT2D eigenvalue weighted by Crippen LogP contribution is 2.11. The average Bonchev–Trinajstić information content (AvgIpc) is 3.17. The number of rotatable bonds is 0. The van der Waals surface area contributed by atoms with E-state index in [1.807, 2.05) is 0 Å². The number of nitrogens with zero attached hydrogens (tertiary/aromatic N) is 4. The second-order valence-electron chi connectivity index (χ2n) is 8.58. The van der Waals surface area contributed by atoms with Crippen molar-refractivity contribution < 1.29 is 14.2 Å². The Labute approximate surface area is 181 Å². The Hall–Kier alpha value is -1.00. The van der Waals surface area contributed by atoms with Crippen LogP contribution in [0.5, 0.6) is 0 Å². The highest BCUT2D eigenvalue weighted by molar-refractivity contribution is 5.13. The molecule has 1 N–H and O–H groups in total. The van der Waals surface area contributed by atoms with Crippen LogP contribution in [-0.4, -0.2) is 130 Å². The third kappa shape index (κ3) is 7.30. The number of nitrogens with one attached hydrogen (secondary N) is 1. The summed E-state index contributed by atoms with van der Waals surface area (Å²) in [5.74, 6) is 0. The molecule has 170 valence electrons. The predicted octanol–water partition coefficient (Wildman–Crippen LogP) is 0.313. The monoisotopic (exact) mass is 421 g/mol. The van der Waals surface area contributed by atoms with Crippen molar-refractivity contribution in [1.82, 2.24) is 24.6 Å². The van der Waals surface area contributed by atoms with E-state index < -0.39 is 0 Å². The Bertz CT molecular complexity index is 553. The van der Waals surface area contributed by atoms with Crippen molar-refractivity contribution in [3.8, 4) is 0 Å². The van der Waals surface area contributed by atoms with E-state index in [0.29, 0.717) is 0 Å². The molecule has 6 bridgehead atoms. The third-order valence-electron chi connectivity index (χ3n) is 6.37. The van der Waals surface area contributed by atoms with Crippen molar-refractivity contribution in [2.24, 2.45) is 0 Å². The lowest BCUT2D eigenvalue weighted by Gasteiger charge is -2.31. The van der Waals surface area contributed by atoms with Crippen LogP contribution in [0.3, 0.4) is 0 Å². The maximum absolute atomic E-state index is 6.03. The lowest BCUT2D eigenvalue weighted by molar-refractivity contribution is 0.0259. The van der Waals surface area contributed by atoms with Crippen molar-refractivity contribution in [3.63, 3.8) is 0 Å². The molecule has 0 radical (unpaired) electrons. The van der Waals surface area contributed by atoms with Gasteiger partial charge in [0, 0.05) is 89.9 Å². The van der Waals surface area contributed by atoms with E-state index in [1.54, 1.807) is 0 Å². The van der Waals surface area contributed by atoms with Crippen LogP contribution in [0.4, 0.5) is 0 Å². The summed E-state index contributed by atoms with van der Waals surface area (Å²) in [7, 11) is 0. The molecule has 6 aliphatic heterocycles. The van der Waals surface area contributed by atoms with Gasteiger partial charge in [0.25, 0.3) is 0 Å². The SMILES string of the molecule is c1cc2[nH]c1CN1CCOCCN(CCN3CCOCCN(CCOCC3)CC1)C2. The molecule has 30 heavy (non-hydrogen) atoms. The summed E-state index contributed by atoms with van der Waals surface area (Å²) in [5, 5.41) is 0. The molecule has 6 aliphatic rings. The summed E-state index contributed by atoms with van der Waals surface area (Å²) in [5.41, 5.74) is 2.60. The second kappa shape index (κ2) is 12.1. The summed E-state index contributed by atoms with van der Waals surface area (Å²) in [6.45, 7) is 16.5. The summed E-state index contributed by atoms with van der Waals surface area (Å²) < 4.78 is 18.0. The van der Waals surface area contributed by atoms with Gasteiger partial charge < -0.3 is 19.2 Å². The molecule has 0 aromatic carbocycles. The maximum atomic E-state index is 6.03. The quantitative estimate of drug-likeness (QED) is 0.647. The summed E-state index contributed by atoms with van der Waals surface area (Å²) >= 11 is 0. The van der Waals surface area contributed by atoms with Crippen molar-refractivity contribution in [2.45, 2.75) is 13.1 Å². The molecule has 0 aliphatic carbocycles. The summed E-state index contributed by atoms with van der Waals surface area (Å²) in [6.07, 6.45) is 0. The fraction of sp³-hybridized carbons (Fsp3) is 0.818. The van der Waals surface area contributed by atoms with Crippen molar-refractivity contribution >= 4 is 0 Å². The normalized spacial score (nSPS) is 33.2. The Kier molecular flexibility index (Phi) is 8.99.